The van der Waals surface area contributed by atoms with E-state index in [-0.39, 0.29) is 17.5 Å². The summed E-state index contributed by atoms with van der Waals surface area (Å²) >= 11 is 0. The molecule has 27 heavy (non-hydrogen) atoms. The van der Waals surface area contributed by atoms with Gasteiger partial charge in [-0.25, -0.2) is 4.79 Å². The number of hydrogen-bond donors (Lipinski definition) is 2. The first-order chi connectivity index (χ1) is 13.1. The highest BCUT2D eigenvalue weighted by Crippen LogP contribution is 2.48. The van der Waals surface area contributed by atoms with E-state index in [4.69, 9.17) is 0 Å². The van der Waals surface area contributed by atoms with Crippen LogP contribution in [-0.4, -0.2) is 65.2 Å². The van der Waals surface area contributed by atoms with Crippen molar-refractivity contribution in [1.29, 1.82) is 0 Å². The van der Waals surface area contributed by atoms with Gasteiger partial charge in [-0.2, -0.15) is 0 Å². The fourth-order valence-corrected chi connectivity index (χ4v) is 6.33. The molecule has 2 N–H and O–H groups in total. The minimum Gasteiger partial charge on any atom is -0.481 e. The molecule has 0 aromatic carbocycles. The highest BCUT2D eigenvalue weighted by atomic mass is 16.4. The Morgan fingerprint density at radius 3 is 2.33 bits per heavy atom. The Morgan fingerprint density at radius 1 is 0.963 bits per heavy atom. The third-order valence-corrected chi connectivity index (χ3v) is 7.96. The number of carboxylic acid groups (broad SMARTS) is 1. The van der Waals surface area contributed by atoms with Gasteiger partial charge in [-0.3, -0.25) is 9.69 Å². The molecule has 152 valence electrons. The normalized spacial score (nSPS) is 33.6. The molecule has 2 aliphatic carbocycles. The van der Waals surface area contributed by atoms with E-state index in [2.05, 4.69) is 10.2 Å². The first kappa shape index (κ1) is 19.0. The lowest BCUT2D eigenvalue weighted by Crippen LogP contribution is -2.59. The Labute approximate surface area is 162 Å². The second-order valence-corrected chi connectivity index (χ2v) is 9.42. The number of nitrogens with one attached hydrogen (secondary N) is 1. The van der Waals surface area contributed by atoms with Gasteiger partial charge >= 0.3 is 12.0 Å². The monoisotopic (exact) mass is 377 g/mol. The molecule has 2 aliphatic heterocycles. The van der Waals surface area contributed by atoms with Crippen molar-refractivity contribution in [3.8, 4) is 0 Å². The lowest BCUT2D eigenvalue weighted by atomic mass is 9.79. The standard InChI is InChI=1S/C21H35N3O3/c25-18(26)21-11-7-8-17(21)14-23(16-21)19(27)22-15-20(9-3-1-4-10-20)24-12-5-2-6-13-24/h17H,1-16H2,(H,22,27)(H,25,26)/t17-,21+/m0/s1. The SMILES string of the molecule is O=C(NCC1(N2CCCCC2)CCCCC1)N1C[C@@H]2CCC[C@@]2(C(=O)O)C1. The zero-order valence-corrected chi connectivity index (χ0v) is 16.5. The summed E-state index contributed by atoms with van der Waals surface area (Å²) in [6.07, 6.45) is 12.6. The van der Waals surface area contributed by atoms with E-state index in [1.165, 1.54) is 51.4 Å². The highest BCUT2D eigenvalue weighted by molar-refractivity contribution is 5.80. The Balaban J connectivity index is 1.39. The molecule has 4 rings (SSSR count). The van der Waals surface area contributed by atoms with Crippen molar-refractivity contribution >= 4 is 12.0 Å². The van der Waals surface area contributed by atoms with Crippen LogP contribution in [0.5, 0.6) is 0 Å². The number of piperidine rings is 1. The minimum absolute atomic E-state index is 0.0491. The number of rotatable bonds is 4. The van der Waals surface area contributed by atoms with Crippen LogP contribution in [0.1, 0.15) is 70.6 Å². The second-order valence-electron chi connectivity index (χ2n) is 9.42. The van der Waals surface area contributed by atoms with Gasteiger partial charge in [0.15, 0.2) is 0 Å². The number of fused-ring (bicyclic) bond motifs is 1. The lowest BCUT2D eigenvalue weighted by molar-refractivity contribution is -0.149. The smallest absolute Gasteiger partial charge is 0.317 e. The largest absolute Gasteiger partial charge is 0.481 e. The maximum absolute atomic E-state index is 12.9. The second kappa shape index (κ2) is 7.61. The fourth-order valence-electron chi connectivity index (χ4n) is 6.33. The van der Waals surface area contributed by atoms with Crippen LogP contribution in [0, 0.1) is 11.3 Å². The number of aliphatic carboxylic acids is 1. The average Bonchev–Trinajstić information content (AvgIpc) is 3.26. The maximum Gasteiger partial charge on any atom is 0.317 e. The molecule has 2 saturated carbocycles. The number of carboxylic acids is 1. The van der Waals surface area contributed by atoms with Gasteiger partial charge in [0.1, 0.15) is 0 Å². The third-order valence-electron chi connectivity index (χ3n) is 7.96. The van der Waals surface area contributed by atoms with Crippen molar-refractivity contribution in [2.24, 2.45) is 11.3 Å². The molecule has 2 heterocycles. The summed E-state index contributed by atoms with van der Waals surface area (Å²) in [6, 6.07) is -0.0491. The van der Waals surface area contributed by atoms with Crippen LogP contribution in [0.4, 0.5) is 4.79 Å². The van der Waals surface area contributed by atoms with Gasteiger partial charge in [-0.1, -0.05) is 32.1 Å². The summed E-state index contributed by atoms with van der Waals surface area (Å²) in [5.74, 6) is -0.580. The van der Waals surface area contributed by atoms with E-state index in [0.717, 1.165) is 25.9 Å². The summed E-state index contributed by atoms with van der Waals surface area (Å²) in [5, 5.41) is 13.0. The van der Waals surface area contributed by atoms with Crippen molar-refractivity contribution in [2.45, 2.75) is 76.2 Å². The Hall–Kier alpha value is -1.30. The van der Waals surface area contributed by atoms with E-state index in [9.17, 15) is 14.7 Å². The summed E-state index contributed by atoms with van der Waals surface area (Å²) < 4.78 is 0. The van der Waals surface area contributed by atoms with E-state index in [1.54, 1.807) is 4.90 Å². The third kappa shape index (κ3) is 3.45. The van der Waals surface area contributed by atoms with Crippen LogP contribution in [-0.2, 0) is 4.79 Å². The van der Waals surface area contributed by atoms with Gasteiger partial charge in [0.2, 0.25) is 0 Å². The molecule has 2 saturated heterocycles. The van der Waals surface area contributed by atoms with Crippen molar-refractivity contribution in [2.75, 3.05) is 32.7 Å². The summed E-state index contributed by atoms with van der Waals surface area (Å²) in [6.45, 7) is 4.02. The minimum atomic E-state index is -0.711. The number of nitrogens with zero attached hydrogens (tertiary/aromatic N) is 2. The van der Waals surface area contributed by atoms with Crippen molar-refractivity contribution in [3.63, 3.8) is 0 Å². The molecule has 0 spiro atoms. The van der Waals surface area contributed by atoms with Crippen molar-refractivity contribution in [1.82, 2.24) is 15.1 Å². The van der Waals surface area contributed by atoms with Crippen LogP contribution in [0.15, 0.2) is 0 Å². The number of carbonyl (C=O) groups is 2. The number of carbonyl (C=O) groups excluding carboxylic acids is 1. The van der Waals surface area contributed by atoms with E-state index < -0.39 is 11.4 Å². The predicted octanol–water partition coefficient (Wildman–Crippen LogP) is 3.07. The molecule has 4 aliphatic rings. The summed E-state index contributed by atoms with van der Waals surface area (Å²) in [5.41, 5.74) is -0.568. The molecule has 0 unspecified atom stereocenters. The van der Waals surface area contributed by atoms with E-state index >= 15 is 0 Å². The average molecular weight is 378 g/mol. The van der Waals surface area contributed by atoms with E-state index in [0.29, 0.717) is 26.1 Å². The van der Waals surface area contributed by atoms with Crippen LogP contribution in [0.25, 0.3) is 0 Å². The molecule has 0 radical (unpaired) electrons. The molecule has 0 aromatic heterocycles. The zero-order valence-electron chi connectivity index (χ0n) is 16.5. The fraction of sp³-hybridized carbons (Fsp3) is 0.905. The Kier molecular flexibility index (Phi) is 5.36. The van der Waals surface area contributed by atoms with Gasteiger partial charge in [-0.05, 0) is 57.5 Å². The Morgan fingerprint density at radius 2 is 1.67 bits per heavy atom. The quantitative estimate of drug-likeness (QED) is 0.790. The lowest BCUT2D eigenvalue weighted by Gasteiger charge is -2.48. The van der Waals surface area contributed by atoms with Crippen molar-refractivity contribution < 1.29 is 14.7 Å². The first-order valence-corrected chi connectivity index (χ1v) is 11.1. The Bertz CT molecular complexity index is 569. The van der Waals surface area contributed by atoms with Gasteiger partial charge in [0.25, 0.3) is 0 Å². The molecular weight excluding hydrogens is 342 g/mol. The van der Waals surface area contributed by atoms with Crippen LogP contribution in [0.2, 0.25) is 0 Å². The van der Waals surface area contributed by atoms with Gasteiger partial charge in [0, 0.05) is 25.2 Å². The molecule has 6 nitrogen and oxygen atoms in total. The van der Waals surface area contributed by atoms with Crippen LogP contribution >= 0.6 is 0 Å². The molecular formula is C21H35N3O3. The summed E-state index contributed by atoms with van der Waals surface area (Å²) in [4.78, 5) is 29.2. The van der Waals surface area contributed by atoms with Gasteiger partial charge < -0.3 is 15.3 Å². The topological polar surface area (TPSA) is 72.9 Å². The number of urea groups is 1. The van der Waals surface area contributed by atoms with Crippen molar-refractivity contribution in [3.05, 3.63) is 0 Å². The number of hydrogen-bond acceptors (Lipinski definition) is 3. The van der Waals surface area contributed by atoms with Crippen LogP contribution < -0.4 is 5.32 Å². The molecule has 2 amide bonds. The molecule has 2 atom stereocenters. The highest BCUT2D eigenvalue weighted by Gasteiger charge is 2.56. The van der Waals surface area contributed by atoms with Gasteiger partial charge in [0.05, 0.1) is 5.41 Å². The summed E-state index contributed by atoms with van der Waals surface area (Å²) in [7, 11) is 0. The molecule has 4 fully saturated rings. The predicted molar refractivity (Wildman–Crippen MR) is 104 cm³/mol. The van der Waals surface area contributed by atoms with Crippen LogP contribution in [0.3, 0.4) is 0 Å². The number of amides is 2. The number of likely N-dealkylation sites (tertiary alicyclic amines) is 2. The maximum atomic E-state index is 12.9. The van der Waals surface area contributed by atoms with Gasteiger partial charge in [-0.15, -0.1) is 0 Å². The zero-order chi connectivity index (χ0) is 18.9. The molecule has 0 bridgehead atoms. The first-order valence-electron chi connectivity index (χ1n) is 11.1. The van der Waals surface area contributed by atoms with E-state index in [1.807, 2.05) is 0 Å². The molecule has 0 aromatic rings. The molecule has 6 heteroatoms.